The van der Waals surface area contributed by atoms with E-state index >= 15 is 0 Å². The van der Waals surface area contributed by atoms with E-state index in [0.717, 1.165) is 25.9 Å². The van der Waals surface area contributed by atoms with Crippen molar-refractivity contribution in [3.8, 4) is 0 Å². The summed E-state index contributed by atoms with van der Waals surface area (Å²) in [6.45, 7) is 1.69. The fourth-order valence-electron chi connectivity index (χ4n) is 1.70. The molecule has 0 saturated carbocycles. The molecule has 1 fully saturated rings. The van der Waals surface area contributed by atoms with E-state index in [0.29, 0.717) is 9.97 Å². The number of carbonyl (C=O) groups is 1. The summed E-state index contributed by atoms with van der Waals surface area (Å²) in [7, 11) is 0. The Hall–Kier alpha value is -1.50. The molecule has 3 heterocycles. The first-order valence-electron chi connectivity index (χ1n) is 4.81. The minimum atomic E-state index is 0.0167. The van der Waals surface area contributed by atoms with Gasteiger partial charge >= 0.3 is 0 Å². The van der Waals surface area contributed by atoms with Crippen LogP contribution in [0.15, 0.2) is 6.33 Å². The van der Waals surface area contributed by atoms with E-state index in [4.69, 9.17) is 0 Å². The summed E-state index contributed by atoms with van der Waals surface area (Å²) >= 11 is 1.29. The van der Waals surface area contributed by atoms with Gasteiger partial charge < -0.3 is 4.90 Å². The molecule has 0 aromatic carbocycles. The highest BCUT2D eigenvalue weighted by molar-refractivity contribution is 7.18. The quantitative estimate of drug-likeness (QED) is 0.703. The van der Waals surface area contributed by atoms with Crippen LogP contribution in [0.2, 0.25) is 0 Å². The first-order chi connectivity index (χ1) is 7.34. The van der Waals surface area contributed by atoms with Crippen molar-refractivity contribution in [2.45, 2.75) is 12.8 Å². The van der Waals surface area contributed by atoms with Gasteiger partial charge in [0.2, 0.25) is 9.97 Å². The zero-order valence-corrected chi connectivity index (χ0v) is 8.77. The number of hydrogen-bond acceptors (Lipinski definition) is 5. The van der Waals surface area contributed by atoms with Gasteiger partial charge in [-0.05, 0) is 12.8 Å². The van der Waals surface area contributed by atoms with Crippen LogP contribution < -0.4 is 0 Å². The number of likely N-dealkylation sites (tertiary alicyclic amines) is 1. The Labute approximate surface area is 89.5 Å². The molecule has 15 heavy (non-hydrogen) atoms. The van der Waals surface area contributed by atoms with Gasteiger partial charge in [-0.2, -0.15) is 4.52 Å². The van der Waals surface area contributed by atoms with Gasteiger partial charge in [-0.15, -0.1) is 15.3 Å². The van der Waals surface area contributed by atoms with E-state index in [1.165, 1.54) is 22.2 Å². The summed E-state index contributed by atoms with van der Waals surface area (Å²) in [4.78, 5) is 14.4. The third kappa shape index (κ3) is 1.39. The van der Waals surface area contributed by atoms with E-state index in [1.54, 1.807) is 0 Å². The fourth-order valence-corrected chi connectivity index (χ4v) is 2.49. The van der Waals surface area contributed by atoms with Crippen molar-refractivity contribution in [1.29, 1.82) is 0 Å². The second kappa shape index (κ2) is 3.27. The number of nitrogens with zero attached hydrogens (tertiary/aromatic N) is 5. The van der Waals surface area contributed by atoms with Crippen LogP contribution in [0.5, 0.6) is 0 Å². The van der Waals surface area contributed by atoms with Gasteiger partial charge in [0.1, 0.15) is 6.33 Å². The van der Waals surface area contributed by atoms with E-state index < -0.39 is 0 Å². The van der Waals surface area contributed by atoms with Gasteiger partial charge in [-0.1, -0.05) is 11.3 Å². The molecule has 0 bridgehead atoms. The lowest BCUT2D eigenvalue weighted by atomic mass is 10.4. The molecule has 78 valence electrons. The molecule has 0 spiro atoms. The van der Waals surface area contributed by atoms with Gasteiger partial charge in [0.25, 0.3) is 5.91 Å². The lowest BCUT2D eigenvalue weighted by Gasteiger charge is -2.11. The minimum Gasteiger partial charge on any atom is -0.337 e. The monoisotopic (exact) mass is 223 g/mol. The molecule has 1 amide bonds. The number of aromatic nitrogens is 4. The SMILES string of the molecule is O=C(c1nn2cnnc2s1)N1CCCC1. The standard InChI is InChI=1S/C8H9N5OS/c14-7(12-3-1-2-4-12)6-11-13-5-9-10-8(13)15-6/h5H,1-4H2. The van der Waals surface area contributed by atoms with E-state index in [9.17, 15) is 4.79 Å². The lowest BCUT2D eigenvalue weighted by molar-refractivity contribution is 0.0791. The van der Waals surface area contributed by atoms with Crippen molar-refractivity contribution in [2.75, 3.05) is 13.1 Å². The first-order valence-corrected chi connectivity index (χ1v) is 5.62. The Morgan fingerprint density at radius 1 is 1.40 bits per heavy atom. The van der Waals surface area contributed by atoms with E-state index in [1.807, 2.05) is 4.90 Å². The summed E-state index contributed by atoms with van der Waals surface area (Å²) in [5.74, 6) is 0.0167. The zero-order chi connectivity index (χ0) is 10.3. The van der Waals surface area contributed by atoms with Crippen LogP contribution in [-0.4, -0.2) is 43.7 Å². The Morgan fingerprint density at radius 2 is 2.20 bits per heavy atom. The molecule has 1 aliphatic heterocycles. The van der Waals surface area contributed by atoms with Crippen molar-refractivity contribution >= 4 is 22.2 Å². The van der Waals surface area contributed by atoms with Gasteiger partial charge in [-0.25, -0.2) is 0 Å². The van der Waals surface area contributed by atoms with Crippen LogP contribution >= 0.6 is 11.3 Å². The molecule has 0 aliphatic carbocycles. The Balaban J connectivity index is 1.92. The van der Waals surface area contributed by atoms with Crippen LogP contribution in [0.1, 0.15) is 22.6 Å². The molecule has 2 aromatic rings. The predicted octanol–water partition coefficient (Wildman–Crippen LogP) is 0.422. The molecule has 3 rings (SSSR count). The van der Waals surface area contributed by atoms with Crippen molar-refractivity contribution in [3.05, 3.63) is 11.3 Å². The van der Waals surface area contributed by atoms with Gasteiger partial charge in [0, 0.05) is 13.1 Å². The molecule has 0 radical (unpaired) electrons. The summed E-state index contributed by atoms with van der Waals surface area (Å²) in [5.41, 5.74) is 0. The molecule has 0 atom stereocenters. The number of amides is 1. The third-order valence-electron chi connectivity index (χ3n) is 2.46. The summed E-state index contributed by atoms with van der Waals surface area (Å²) in [6, 6.07) is 0. The van der Waals surface area contributed by atoms with Crippen molar-refractivity contribution in [1.82, 2.24) is 24.7 Å². The maximum Gasteiger partial charge on any atom is 0.284 e. The third-order valence-corrected chi connectivity index (χ3v) is 3.36. The second-order valence-corrected chi connectivity index (χ2v) is 4.42. The van der Waals surface area contributed by atoms with E-state index in [2.05, 4.69) is 15.3 Å². The zero-order valence-electron chi connectivity index (χ0n) is 7.96. The first kappa shape index (κ1) is 8.78. The molecule has 2 aromatic heterocycles. The van der Waals surface area contributed by atoms with Crippen molar-refractivity contribution < 1.29 is 4.79 Å². The smallest absolute Gasteiger partial charge is 0.284 e. The topological polar surface area (TPSA) is 63.4 Å². The molecule has 7 heteroatoms. The molecule has 0 unspecified atom stereocenters. The number of carbonyl (C=O) groups excluding carboxylic acids is 1. The Morgan fingerprint density at radius 3 is 2.93 bits per heavy atom. The predicted molar refractivity (Wildman–Crippen MR) is 53.8 cm³/mol. The van der Waals surface area contributed by atoms with Crippen LogP contribution in [0, 0.1) is 0 Å². The highest BCUT2D eigenvalue weighted by Crippen LogP contribution is 2.17. The average Bonchev–Trinajstić information content (AvgIpc) is 2.92. The van der Waals surface area contributed by atoms with Crippen LogP contribution in [-0.2, 0) is 0 Å². The Kier molecular flexibility index (Phi) is 1.91. The maximum absolute atomic E-state index is 11.9. The van der Waals surface area contributed by atoms with Crippen molar-refractivity contribution in [3.63, 3.8) is 0 Å². The van der Waals surface area contributed by atoms with Gasteiger partial charge in [0.05, 0.1) is 0 Å². The van der Waals surface area contributed by atoms with Crippen LogP contribution in [0.25, 0.3) is 4.96 Å². The summed E-state index contributed by atoms with van der Waals surface area (Å²) in [5, 5.41) is 12.2. The number of fused-ring (bicyclic) bond motifs is 1. The summed E-state index contributed by atoms with van der Waals surface area (Å²) in [6.07, 6.45) is 3.69. The van der Waals surface area contributed by atoms with Crippen molar-refractivity contribution in [2.24, 2.45) is 0 Å². The minimum absolute atomic E-state index is 0.0167. The van der Waals surface area contributed by atoms with Gasteiger partial charge in [-0.3, -0.25) is 4.79 Å². The average molecular weight is 223 g/mol. The van der Waals surface area contributed by atoms with Gasteiger partial charge in [0.15, 0.2) is 0 Å². The van der Waals surface area contributed by atoms with E-state index in [-0.39, 0.29) is 5.91 Å². The summed E-state index contributed by atoms with van der Waals surface area (Å²) < 4.78 is 1.54. The highest BCUT2D eigenvalue weighted by Gasteiger charge is 2.23. The molecular formula is C8H9N5OS. The largest absolute Gasteiger partial charge is 0.337 e. The Bertz CT molecular complexity index is 469. The molecule has 1 saturated heterocycles. The number of rotatable bonds is 1. The maximum atomic E-state index is 11.9. The molecule has 6 nitrogen and oxygen atoms in total. The lowest BCUT2D eigenvalue weighted by Crippen LogP contribution is -2.27. The highest BCUT2D eigenvalue weighted by atomic mass is 32.1. The molecular weight excluding hydrogens is 214 g/mol. The molecule has 0 N–H and O–H groups in total. The van der Waals surface area contributed by atoms with Crippen LogP contribution in [0.4, 0.5) is 0 Å². The van der Waals surface area contributed by atoms with Crippen LogP contribution in [0.3, 0.4) is 0 Å². The second-order valence-electron chi connectivity index (χ2n) is 3.46. The molecule has 1 aliphatic rings. The number of hydrogen-bond donors (Lipinski definition) is 0. The fraction of sp³-hybridized carbons (Fsp3) is 0.500. The normalized spacial score (nSPS) is 16.4.